The molecule has 0 bridgehead atoms. The lowest BCUT2D eigenvalue weighted by molar-refractivity contribution is -0.122. The lowest BCUT2D eigenvalue weighted by atomic mass is 10.2. The summed E-state index contributed by atoms with van der Waals surface area (Å²) in [7, 11) is 0. The fraction of sp³-hybridized carbons (Fsp3) is 0.286. The third-order valence-corrected chi connectivity index (χ3v) is 5.45. The van der Waals surface area contributed by atoms with Crippen molar-refractivity contribution in [3.05, 3.63) is 83.9 Å². The van der Waals surface area contributed by atoms with Crippen LogP contribution in [0.4, 0.5) is 11.4 Å². The Morgan fingerprint density at radius 2 is 0.941 bits per heavy atom. The van der Waals surface area contributed by atoms with Crippen molar-refractivity contribution in [2.75, 3.05) is 10.6 Å². The molecule has 0 saturated heterocycles. The second kappa shape index (κ2) is 11.9. The summed E-state index contributed by atoms with van der Waals surface area (Å²) in [4.78, 5) is 25.0. The van der Waals surface area contributed by atoms with Crippen LogP contribution < -0.4 is 20.1 Å². The second-order valence-electron chi connectivity index (χ2n) is 8.07. The van der Waals surface area contributed by atoms with Gasteiger partial charge in [0, 0.05) is 11.4 Å². The maximum Gasteiger partial charge on any atom is 0.265 e. The van der Waals surface area contributed by atoms with Crippen molar-refractivity contribution >= 4 is 23.2 Å². The van der Waals surface area contributed by atoms with E-state index in [0.717, 1.165) is 12.8 Å². The summed E-state index contributed by atoms with van der Waals surface area (Å²) in [5.74, 6) is 0.783. The molecule has 0 heterocycles. The highest BCUT2D eigenvalue weighted by molar-refractivity contribution is 5.96. The highest BCUT2D eigenvalue weighted by atomic mass is 16.5. The molecule has 0 aromatic heterocycles. The highest BCUT2D eigenvalue weighted by Crippen LogP contribution is 2.18. The molecule has 6 heteroatoms. The van der Waals surface area contributed by atoms with E-state index in [0.29, 0.717) is 22.9 Å². The van der Waals surface area contributed by atoms with Crippen molar-refractivity contribution in [2.24, 2.45) is 0 Å². The number of carbonyl (C=O) groups excluding carboxylic acids is 2. The molecule has 0 aliphatic heterocycles. The summed E-state index contributed by atoms with van der Waals surface area (Å²) in [6.45, 7) is 7.58. The average molecular weight is 461 g/mol. The zero-order valence-corrected chi connectivity index (χ0v) is 20.1. The zero-order valence-electron chi connectivity index (χ0n) is 20.1. The Morgan fingerprint density at radius 3 is 1.24 bits per heavy atom. The summed E-state index contributed by atoms with van der Waals surface area (Å²) in [5.41, 5.74) is 3.65. The third-order valence-electron chi connectivity index (χ3n) is 5.45. The van der Waals surface area contributed by atoms with Gasteiger partial charge < -0.3 is 20.1 Å². The van der Waals surface area contributed by atoms with Gasteiger partial charge in [0.2, 0.25) is 0 Å². The summed E-state index contributed by atoms with van der Waals surface area (Å²) in [6, 6.07) is 22.3. The monoisotopic (exact) mass is 460 g/mol. The highest BCUT2D eigenvalue weighted by Gasteiger charge is 2.17. The molecule has 0 aliphatic carbocycles. The minimum atomic E-state index is -0.656. The molecule has 3 aromatic rings. The van der Waals surface area contributed by atoms with E-state index in [1.54, 1.807) is 38.1 Å². The first-order chi connectivity index (χ1) is 16.4. The molecule has 0 radical (unpaired) electrons. The smallest absolute Gasteiger partial charge is 0.265 e. The Balaban J connectivity index is 1.49. The fourth-order valence-electron chi connectivity index (χ4n) is 3.25. The molecule has 3 rings (SSSR count). The van der Waals surface area contributed by atoms with Gasteiger partial charge in [0.05, 0.1) is 0 Å². The van der Waals surface area contributed by atoms with Gasteiger partial charge in [-0.2, -0.15) is 0 Å². The Hall–Kier alpha value is -3.80. The topological polar surface area (TPSA) is 76.7 Å². The van der Waals surface area contributed by atoms with Crippen molar-refractivity contribution in [3.63, 3.8) is 0 Å². The Morgan fingerprint density at radius 1 is 0.618 bits per heavy atom. The van der Waals surface area contributed by atoms with Crippen molar-refractivity contribution in [1.82, 2.24) is 0 Å². The predicted octanol–water partition coefficient (Wildman–Crippen LogP) is 5.62. The molecule has 2 amide bonds. The lowest BCUT2D eigenvalue weighted by Gasteiger charge is -2.16. The van der Waals surface area contributed by atoms with Gasteiger partial charge in [-0.25, -0.2) is 0 Å². The average Bonchev–Trinajstić information content (AvgIpc) is 2.86. The number of rotatable bonds is 10. The molecule has 2 N–H and O–H groups in total. The number of hydrogen-bond donors (Lipinski definition) is 2. The zero-order chi connectivity index (χ0) is 24.5. The number of benzene rings is 3. The SMILES string of the molecule is CCc1ccc(O[C@@H](C)C(=O)Nc2ccc(NC(=O)[C@H](C)Oc3ccc(CC)cc3)cc2)cc1. The van der Waals surface area contributed by atoms with E-state index in [-0.39, 0.29) is 11.8 Å². The van der Waals surface area contributed by atoms with Gasteiger partial charge in [0.15, 0.2) is 12.2 Å². The molecule has 3 aromatic carbocycles. The first kappa shape index (κ1) is 24.8. The fourth-order valence-corrected chi connectivity index (χ4v) is 3.25. The standard InChI is InChI=1S/C28H32N2O4/c1-5-21-7-15-25(16-8-21)33-19(3)27(31)29-23-11-13-24(14-12-23)30-28(32)20(4)34-26-17-9-22(6-2)10-18-26/h7-20H,5-6H2,1-4H3,(H,29,31)(H,30,32)/t19-,20-/m0/s1. The van der Waals surface area contributed by atoms with Crippen molar-refractivity contribution in [3.8, 4) is 11.5 Å². The molecule has 0 spiro atoms. The van der Waals surface area contributed by atoms with Crippen LogP contribution in [0.5, 0.6) is 11.5 Å². The largest absolute Gasteiger partial charge is 0.481 e. The quantitative estimate of drug-likeness (QED) is 0.411. The minimum Gasteiger partial charge on any atom is -0.481 e. The molecule has 6 nitrogen and oxygen atoms in total. The van der Waals surface area contributed by atoms with Crippen LogP contribution in [0.25, 0.3) is 0 Å². The molecular weight excluding hydrogens is 428 g/mol. The van der Waals surface area contributed by atoms with Crippen LogP contribution >= 0.6 is 0 Å². The van der Waals surface area contributed by atoms with Crippen molar-refractivity contribution in [1.29, 1.82) is 0 Å². The van der Waals surface area contributed by atoms with E-state index in [9.17, 15) is 9.59 Å². The van der Waals surface area contributed by atoms with Crippen LogP contribution in [0.3, 0.4) is 0 Å². The van der Waals surface area contributed by atoms with E-state index >= 15 is 0 Å². The van der Waals surface area contributed by atoms with Crippen LogP contribution in [0, 0.1) is 0 Å². The molecule has 0 aliphatic rings. The number of ether oxygens (including phenoxy) is 2. The first-order valence-electron chi connectivity index (χ1n) is 11.6. The molecule has 0 saturated carbocycles. The van der Waals surface area contributed by atoms with Gasteiger partial charge in [-0.15, -0.1) is 0 Å². The number of hydrogen-bond acceptors (Lipinski definition) is 4. The summed E-state index contributed by atoms with van der Waals surface area (Å²) >= 11 is 0. The van der Waals surface area contributed by atoms with Crippen LogP contribution in [0.1, 0.15) is 38.8 Å². The van der Waals surface area contributed by atoms with Crippen molar-refractivity contribution < 1.29 is 19.1 Å². The predicted molar refractivity (Wildman–Crippen MR) is 136 cm³/mol. The summed E-state index contributed by atoms with van der Waals surface area (Å²) in [6.07, 6.45) is 0.587. The number of anilines is 2. The molecular formula is C28H32N2O4. The minimum absolute atomic E-state index is 0.257. The van der Waals surface area contributed by atoms with Crippen LogP contribution in [-0.2, 0) is 22.4 Å². The van der Waals surface area contributed by atoms with E-state index in [1.165, 1.54) is 11.1 Å². The van der Waals surface area contributed by atoms with E-state index < -0.39 is 12.2 Å². The summed E-state index contributed by atoms with van der Waals surface area (Å²) < 4.78 is 11.5. The lowest BCUT2D eigenvalue weighted by Crippen LogP contribution is -2.30. The van der Waals surface area contributed by atoms with Gasteiger partial charge in [0.1, 0.15) is 11.5 Å². The van der Waals surface area contributed by atoms with Gasteiger partial charge in [-0.3, -0.25) is 9.59 Å². The molecule has 178 valence electrons. The number of carbonyl (C=O) groups is 2. The van der Waals surface area contributed by atoms with Gasteiger partial charge in [-0.1, -0.05) is 38.1 Å². The molecule has 34 heavy (non-hydrogen) atoms. The Labute approximate surface area is 201 Å². The second-order valence-corrected chi connectivity index (χ2v) is 8.07. The Kier molecular flexibility index (Phi) is 8.68. The van der Waals surface area contributed by atoms with Crippen LogP contribution in [-0.4, -0.2) is 24.0 Å². The van der Waals surface area contributed by atoms with Crippen molar-refractivity contribution in [2.45, 2.75) is 52.7 Å². The van der Waals surface area contributed by atoms with E-state index in [4.69, 9.17) is 9.47 Å². The van der Waals surface area contributed by atoms with E-state index in [1.807, 2.05) is 48.5 Å². The Bertz CT molecular complexity index is 988. The number of amides is 2. The number of nitrogens with one attached hydrogen (secondary N) is 2. The maximum atomic E-state index is 12.5. The van der Waals surface area contributed by atoms with Gasteiger partial charge >= 0.3 is 0 Å². The molecule has 0 fully saturated rings. The molecule has 2 atom stereocenters. The number of aryl methyl sites for hydroxylation is 2. The van der Waals surface area contributed by atoms with E-state index in [2.05, 4.69) is 24.5 Å². The maximum absolute atomic E-state index is 12.5. The third kappa shape index (κ3) is 7.10. The van der Waals surface area contributed by atoms with Gasteiger partial charge in [0.25, 0.3) is 11.8 Å². The molecule has 0 unspecified atom stereocenters. The normalized spacial score (nSPS) is 12.4. The van der Waals surface area contributed by atoms with Gasteiger partial charge in [-0.05, 0) is 86.3 Å². The first-order valence-corrected chi connectivity index (χ1v) is 11.6. The van der Waals surface area contributed by atoms with Crippen LogP contribution in [0.15, 0.2) is 72.8 Å². The summed E-state index contributed by atoms with van der Waals surface area (Å²) in [5, 5.41) is 5.66. The van der Waals surface area contributed by atoms with Crippen LogP contribution in [0.2, 0.25) is 0 Å².